The molecule has 0 unspecified atom stereocenters. The molecule has 1 amide bonds. The Bertz CT molecular complexity index is 1120. The van der Waals surface area contributed by atoms with Gasteiger partial charge in [0.2, 0.25) is 21.1 Å². The third-order valence-electron chi connectivity index (χ3n) is 4.72. The fraction of sp³-hybridized carbons (Fsp3) is 0.286. The summed E-state index contributed by atoms with van der Waals surface area (Å²) >= 11 is 4.66. The van der Waals surface area contributed by atoms with Crippen molar-refractivity contribution in [2.45, 2.75) is 30.6 Å². The number of nitrogens with zero attached hydrogens (tertiary/aromatic N) is 3. The number of carbonyl (C=O) groups is 1. The van der Waals surface area contributed by atoms with Crippen molar-refractivity contribution in [1.82, 2.24) is 14.5 Å². The second-order valence-electron chi connectivity index (χ2n) is 6.95. The first-order valence-electron chi connectivity index (χ1n) is 9.68. The highest BCUT2D eigenvalue weighted by Crippen LogP contribution is 2.25. The largest absolute Gasteiger partial charge is 0.301 e. The van der Waals surface area contributed by atoms with Gasteiger partial charge in [-0.3, -0.25) is 4.79 Å². The summed E-state index contributed by atoms with van der Waals surface area (Å²) in [5, 5.41) is 12.1. The number of sulfonamides is 1. The number of aromatic nitrogens is 2. The number of benzene rings is 2. The molecule has 1 atom stereocenters. The van der Waals surface area contributed by atoms with Gasteiger partial charge in [0.15, 0.2) is 0 Å². The molecule has 0 aliphatic carbocycles. The van der Waals surface area contributed by atoms with Crippen LogP contribution in [0.15, 0.2) is 64.0 Å². The fourth-order valence-corrected chi connectivity index (χ4v) is 5.23. The third-order valence-corrected chi connectivity index (χ3v) is 8.07. The molecule has 0 saturated heterocycles. The quantitative estimate of drug-likeness (QED) is 0.452. The summed E-state index contributed by atoms with van der Waals surface area (Å²) in [5.74, 6) is -0.558. The minimum Gasteiger partial charge on any atom is -0.301 e. The Morgan fingerprint density at radius 1 is 1.13 bits per heavy atom. The number of nitrogens with one attached hydrogen (secondary N) is 1. The van der Waals surface area contributed by atoms with Gasteiger partial charge in [-0.05, 0) is 36.2 Å². The Hall–Kier alpha value is -2.14. The van der Waals surface area contributed by atoms with Gasteiger partial charge in [0.25, 0.3) is 0 Å². The SMILES string of the molecule is CCc1nnc(NC(=O)C[C@H](CN(C)S(=O)(=O)c2ccc(Br)cc2)c2ccccc2)s1. The molecule has 0 fully saturated rings. The van der Waals surface area contributed by atoms with Crippen LogP contribution in [0.25, 0.3) is 0 Å². The molecule has 0 bridgehead atoms. The van der Waals surface area contributed by atoms with Gasteiger partial charge >= 0.3 is 0 Å². The van der Waals surface area contributed by atoms with Crippen molar-refractivity contribution >= 4 is 48.3 Å². The number of hydrogen-bond donors (Lipinski definition) is 1. The van der Waals surface area contributed by atoms with E-state index < -0.39 is 10.0 Å². The molecule has 0 spiro atoms. The molecule has 7 nitrogen and oxygen atoms in total. The van der Waals surface area contributed by atoms with E-state index in [0.29, 0.717) is 5.13 Å². The van der Waals surface area contributed by atoms with E-state index in [1.807, 2.05) is 37.3 Å². The molecule has 1 heterocycles. The van der Waals surface area contributed by atoms with Crippen LogP contribution in [0.1, 0.15) is 29.8 Å². The lowest BCUT2D eigenvalue weighted by Crippen LogP contribution is -2.32. The summed E-state index contributed by atoms with van der Waals surface area (Å²) < 4.78 is 28.1. The first kappa shape index (κ1) is 23.5. The van der Waals surface area contributed by atoms with Gasteiger partial charge in [-0.25, -0.2) is 12.7 Å². The van der Waals surface area contributed by atoms with E-state index >= 15 is 0 Å². The van der Waals surface area contributed by atoms with Crippen LogP contribution in [0.3, 0.4) is 0 Å². The Labute approximate surface area is 194 Å². The number of anilines is 1. The summed E-state index contributed by atoms with van der Waals surface area (Å²) in [4.78, 5) is 12.9. The highest BCUT2D eigenvalue weighted by molar-refractivity contribution is 9.10. The molecule has 0 aliphatic heterocycles. The van der Waals surface area contributed by atoms with E-state index in [4.69, 9.17) is 0 Å². The number of hydrogen-bond acceptors (Lipinski definition) is 6. The molecule has 1 N–H and O–H groups in total. The highest BCUT2D eigenvalue weighted by atomic mass is 79.9. The zero-order valence-corrected chi connectivity index (χ0v) is 20.4. The summed E-state index contributed by atoms with van der Waals surface area (Å²) in [6, 6.07) is 15.9. The van der Waals surface area contributed by atoms with E-state index in [9.17, 15) is 13.2 Å². The van der Waals surface area contributed by atoms with Gasteiger partial charge in [-0.2, -0.15) is 0 Å². The fourth-order valence-electron chi connectivity index (χ4n) is 3.05. The van der Waals surface area contributed by atoms with Crippen LogP contribution in [-0.2, 0) is 21.2 Å². The Morgan fingerprint density at radius 3 is 2.42 bits per heavy atom. The Kier molecular flexibility index (Phi) is 7.93. The Balaban J connectivity index is 1.77. The first-order valence-corrected chi connectivity index (χ1v) is 12.7. The molecule has 10 heteroatoms. The molecule has 0 saturated carbocycles. The van der Waals surface area contributed by atoms with Crippen molar-refractivity contribution < 1.29 is 13.2 Å². The summed E-state index contributed by atoms with van der Waals surface area (Å²) in [6.07, 6.45) is 0.865. The number of aryl methyl sites for hydroxylation is 1. The van der Waals surface area contributed by atoms with Gasteiger partial charge in [-0.1, -0.05) is 64.5 Å². The lowest BCUT2D eigenvalue weighted by atomic mass is 9.95. The van der Waals surface area contributed by atoms with E-state index in [-0.39, 0.29) is 29.7 Å². The second-order valence-corrected chi connectivity index (χ2v) is 11.0. The lowest BCUT2D eigenvalue weighted by molar-refractivity contribution is -0.116. The lowest BCUT2D eigenvalue weighted by Gasteiger charge is -2.24. The van der Waals surface area contributed by atoms with E-state index in [1.54, 1.807) is 24.3 Å². The minimum atomic E-state index is -3.69. The van der Waals surface area contributed by atoms with E-state index in [0.717, 1.165) is 21.5 Å². The van der Waals surface area contributed by atoms with Gasteiger partial charge in [0, 0.05) is 30.4 Å². The third kappa shape index (κ3) is 6.19. The Morgan fingerprint density at radius 2 is 1.81 bits per heavy atom. The number of likely N-dealkylation sites (N-methyl/N-ethyl adjacent to an activating group) is 1. The van der Waals surface area contributed by atoms with Crippen molar-refractivity contribution in [1.29, 1.82) is 0 Å². The molecule has 1 aromatic heterocycles. The number of halogens is 1. The predicted molar refractivity (Wildman–Crippen MR) is 126 cm³/mol. The minimum absolute atomic E-state index is 0.116. The van der Waals surface area contributed by atoms with Gasteiger partial charge in [0.05, 0.1) is 4.90 Å². The van der Waals surface area contributed by atoms with Crippen LogP contribution in [0.2, 0.25) is 0 Å². The second kappa shape index (κ2) is 10.4. The standard InChI is InChI=1S/C21H23BrN4O3S2/c1-3-20-24-25-21(30-20)23-19(27)13-16(15-7-5-4-6-8-15)14-26(2)31(28,29)18-11-9-17(22)10-12-18/h4-12,16H,3,13-14H2,1-2H3,(H,23,25,27)/t16-/m1/s1. The van der Waals surface area contributed by atoms with Gasteiger partial charge < -0.3 is 5.32 Å². The molecule has 164 valence electrons. The normalized spacial score (nSPS) is 12.6. The molecule has 3 aromatic rings. The van der Waals surface area contributed by atoms with Crippen LogP contribution in [0.5, 0.6) is 0 Å². The van der Waals surface area contributed by atoms with Crippen molar-refractivity contribution in [2.75, 3.05) is 18.9 Å². The monoisotopic (exact) mass is 522 g/mol. The van der Waals surface area contributed by atoms with Gasteiger partial charge in [-0.15, -0.1) is 10.2 Å². The van der Waals surface area contributed by atoms with E-state index in [2.05, 4.69) is 31.4 Å². The summed E-state index contributed by atoms with van der Waals surface area (Å²) in [6.45, 7) is 2.13. The number of rotatable bonds is 9. The van der Waals surface area contributed by atoms with Crippen molar-refractivity contribution in [2.24, 2.45) is 0 Å². The molecule has 0 aliphatic rings. The van der Waals surface area contributed by atoms with Crippen LogP contribution in [0, 0.1) is 0 Å². The van der Waals surface area contributed by atoms with Crippen LogP contribution >= 0.6 is 27.3 Å². The van der Waals surface area contributed by atoms with Crippen molar-refractivity contribution in [3.63, 3.8) is 0 Å². The average Bonchev–Trinajstić information content (AvgIpc) is 3.21. The maximum absolute atomic E-state index is 13.0. The van der Waals surface area contributed by atoms with E-state index in [1.165, 1.54) is 22.7 Å². The van der Waals surface area contributed by atoms with Crippen molar-refractivity contribution in [3.05, 3.63) is 69.6 Å². The first-order chi connectivity index (χ1) is 14.8. The predicted octanol–water partition coefficient (Wildman–Crippen LogP) is 4.30. The summed E-state index contributed by atoms with van der Waals surface area (Å²) in [5.41, 5.74) is 0.891. The number of carbonyl (C=O) groups excluding carboxylic acids is 1. The molecular formula is C21H23BrN4O3S2. The maximum Gasteiger partial charge on any atom is 0.242 e. The molecule has 3 rings (SSSR count). The van der Waals surface area contributed by atoms with Crippen molar-refractivity contribution in [3.8, 4) is 0 Å². The van der Waals surface area contributed by atoms with Crippen LogP contribution in [-0.4, -0.2) is 42.4 Å². The highest BCUT2D eigenvalue weighted by Gasteiger charge is 2.26. The van der Waals surface area contributed by atoms with Crippen LogP contribution in [0.4, 0.5) is 5.13 Å². The molecular weight excluding hydrogens is 500 g/mol. The molecule has 0 radical (unpaired) electrons. The average molecular weight is 523 g/mol. The molecule has 2 aromatic carbocycles. The van der Waals surface area contributed by atoms with Crippen LogP contribution < -0.4 is 5.32 Å². The summed E-state index contributed by atoms with van der Waals surface area (Å²) in [7, 11) is -2.16. The zero-order valence-electron chi connectivity index (χ0n) is 17.2. The number of amides is 1. The zero-order chi connectivity index (χ0) is 22.4. The molecule has 31 heavy (non-hydrogen) atoms. The van der Waals surface area contributed by atoms with Gasteiger partial charge in [0.1, 0.15) is 5.01 Å². The smallest absolute Gasteiger partial charge is 0.242 e. The topological polar surface area (TPSA) is 92.3 Å². The maximum atomic E-state index is 13.0.